The van der Waals surface area contributed by atoms with Gasteiger partial charge in [-0.05, 0) is 79.1 Å². The smallest absolute Gasteiger partial charge is 0.248 e. The number of hydrogen-bond donors (Lipinski definition) is 1. The predicted octanol–water partition coefficient (Wildman–Crippen LogP) is 4.19. The largest absolute Gasteiger partial charge is 0.496 e. The van der Waals surface area contributed by atoms with Gasteiger partial charge in [-0.2, -0.15) is 0 Å². The SMILES string of the molecule is COc1c(C)cc(S(=O)(=O)c2ccc(NC(=O)C=Cc3cccnc3)cc2)cc1C. The maximum absolute atomic E-state index is 13.0. The Balaban J connectivity index is 1.76. The van der Waals surface area contributed by atoms with Crippen molar-refractivity contribution in [3.05, 3.63) is 83.7 Å². The van der Waals surface area contributed by atoms with Gasteiger partial charge < -0.3 is 10.1 Å². The summed E-state index contributed by atoms with van der Waals surface area (Å²) in [5.41, 5.74) is 2.80. The number of rotatable bonds is 6. The number of anilines is 1. The van der Waals surface area contributed by atoms with Crippen LogP contribution in [0.5, 0.6) is 5.75 Å². The molecular weight excluding hydrogens is 400 g/mol. The van der Waals surface area contributed by atoms with Gasteiger partial charge in [-0.1, -0.05) is 6.07 Å². The van der Waals surface area contributed by atoms with Crippen LogP contribution in [0.3, 0.4) is 0 Å². The van der Waals surface area contributed by atoms with Crippen LogP contribution in [0.4, 0.5) is 5.69 Å². The highest BCUT2D eigenvalue weighted by atomic mass is 32.2. The quantitative estimate of drug-likeness (QED) is 0.602. The molecule has 1 amide bonds. The van der Waals surface area contributed by atoms with Crippen molar-refractivity contribution in [1.82, 2.24) is 4.98 Å². The van der Waals surface area contributed by atoms with Gasteiger partial charge in [0, 0.05) is 24.2 Å². The van der Waals surface area contributed by atoms with Crippen LogP contribution in [-0.2, 0) is 14.6 Å². The number of pyridine rings is 1. The van der Waals surface area contributed by atoms with Crippen LogP contribution in [-0.4, -0.2) is 26.4 Å². The van der Waals surface area contributed by atoms with Crippen molar-refractivity contribution in [3.8, 4) is 5.75 Å². The lowest BCUT2D eigenvalue weighted by molar-refractivity contribution is -0.111. The second-order valence-corrected chi connectivity index (χ2v) is 8.68. The molecule has 0 aliphatic rings. The third-order valence-corrected chi connectivity index (χ3v) is 6.24. The van der Waals surface area contributed by atoms with Crippen LogP contribution < -0.4 is 10.1 Å². The van der Waals surface area contributed by atoms with Gasteiger partial charge in [0.1, 0.15) is 5.75 Å². The van der Waals surface area contributed by atoms with Crippen molar-refractivity contribution in [1.29, 1.82) is 0 Å². The van der Waals surface area contributed by atoms with Crippen molar-refractivity contribution >= 4 is 27.5 Å². The molecule has 0 aliphatic heterocycles. The third-order valence-electron chi connectivity index (χ3n) is 4.49. The Morgan fingerprint density at radius 3 is 2.27 bits per heavy atom. The monoisotopic (exact) mass is 422 g/mol. The topological polar surface area (TPSA) is 85.4 Å². The van der Waals surface area contributed by atoms with Crippen LogP contribution in [0, 0.1) is 13.8 Å². The third kappa shape index (κ3) is 4.75. The van der Waals surface area contributed by atoms with E-state index in [1.807, 2.05) is 19.9 Å². The summed E-state index contributed by atoms with van der Waals surface area (Å²) >= 11 is 0. The van der Waals surface area contributed by atoms with E-state index in [9.17, 15) is 13.2 Å². The molecule has 0 saturated carbocycles. The molecule has 0 aliphatic carbocycles. The highest BCUT2D eigenvalue weighted by Gasteiger charge is 2.20. The summed E-state index contributed by atoms with van der Waals surface area (Å²) < 4.78 is 31.3. The Morgan fingerprint density at radius 1 is 1.03 bits per heavy atom. The Labute approximate surface area is 176 Å². The second-order valence-electron chi connectivity index (χ2n) is 6.73. The van der Waals surface area contributed by atoms with Gasteiger partial charge in [0.25, 0.3) is 0 Å². The van der Waals surface area contributed by atoms with Gasteiger partial charge in [-0.3, -0.25) is 9.78 Å². The molecule has 0 atom stereocenters. The summed E-state index contributed by atoms with van der Waals surface area (Å²) in [5, 5.41) is 2.71. The normalized spacial score (nSPS) is 11.4. The molecule has 6 nitrogen and oxygen atoms in total. The number of nitrogens with one attached hydrogen (secondary N) is 1. The van der Waals surface area contributed by atoms with Gasteiger partial charge in [-0.25, -0.2) is 8.42 Å². The fourth-order valence-electron chi connectivity index (χ4n) is 3.07. The molecule has 2 aromatic carbocycles. The number of methoxy groups -OCH3 is 1. The van der Waals surface area contributed by atoms with E-state index >= 15 is 0 Å². The zero-order chi connectivity index (χ0) is 21.7. The second kappa shape index (κ2) is 8.92. The van der Waals surface area contributed by atoms with Crippen LogP contribution in [0.1, 0.15) is 16.7 Å². The van der Waals surface area contributed by atoms with Crippen LogP contribution in [0.25, 0.3) is 6.08 Å². The molecular formula is C23H22N2O4S. The summed E-state index contributed by atoms with van der Waals surface area (Å²) in [4.78, 5) is 16.4. The van der Waals surface area contributed by atoms with E-state index in [0.29, 0.717) is 11.4 Å². The van der Waals surface area contributed by atoms with Crippen molar-refractivity contribution in [2.45, 2.75) is 23.6 Å². The highest BCUT2D eigenvalue weighted by Crippen LogP contribution is 2.30. The first-order valence-electron chi connectivity index (χ1n) is 9.21. The van der Waals surface area contributed by atoms with E-state index < -0.39 is 9.84 Å². The molecule has 3 aromatic rings. The first-order chi connectivity index (χ1) is 14.3. The molecule has 1 heterocycles. The van der Waals surface area contributed by atoms with Gasteiger partial charge in [-0.15, -0.1) is 0 Å². The zero-order valence-corrected chi connectivity index (χ0v) is 17.7. The lowest BCUT2D eigenvalue weighted by atomic mass is 10.1. The number of nitrogens with zero attached hydrogens (tertiary/aromatic N) is 1. The minimum atomic E-state index is -3.69. The van der Waals surface area contributed by atoms with E-state index in [2.05, 4.69) is 10.3 Å². The summed E-state index contributed by atoms with van der Waals surface area (Å²) in [6.45, 7) is 3.62. The fraction of sp³-hybridized carbons (Fsp3) is 0.130. The molecule has 0 saturated heterocycles. The molecule has 0 spiro atoms. The van der Waals surface area contributed by atoms with Crippen molar-refractivity contribution in [2.24, 2.45) is 0 Å². The number of benzene rings is 2. The Hall–Kier alpha value is -3.45. The van der Waals surface area contributed by atoms with Crippen LogP contribution >= 0.6 is 0 Å². The number of aromatic nitrogens is 1. The summed E-state index contributed by atoms with van der Waals surface area (Å²) in [5.74, 6) is 0.349. The lowest BCUT2D eigenvalue weighted by Crippen LogP contribution is -2.08. The van der Waals surface area contributed by atoms with Crippen molar-refractivity contribution < 1.29 is 17.9 Å². The van der Waals surface area contributed by atoms with E-state index in [0.717, 1.165) is 16.7 Å². The Morgan fingerprint density at radius 2 is 1.70 bits per heavy atom. The van der Waals surface area contributed by atoms with Crippen LogP contribution in [0.15, 0.2) is 76.8 Å². The number of carbonyl (C=O) groups is 1. The average molecular weight is 423 g/mol. The molecule has 30 heavy (non-hydrogen) atoms. The molecule has 154 valence electrons. The standard InChI is InChI=1S/C23H22N2O4S/c1-16-13-21(14-17(2)23(16)29-3)30(27,28)20-9-7-19(8-10-20)25-22(26)11-6-18-5-4-12-24-15-18/h4-15H,1-3H3,(H,25,26). The van der Waals surface area contributed by atoms with Crippen molar-refractivity contribution in [3.63, 3.8) is 0 Å². The predicted molar refractivity (Wildman–Crippen MR) is 116 cm³/mol. The number of amides is 1. The Kier molecular flexibility index (Phi) is 6.32. The van der Waals surface area contributed by atoms with Gasteiger partial charge in [0.05, 0.1) is 16.9 Å². The molecule has 3 rings (SSSR count). The minimum Gasteiger partial charge on any atom is -0.496 e. The lowest BCUT2D eigenvalue weighted by Gasteiger charge is -2.12. The molecule has 7 heteroatoms. The number of aryl methyl sites for hydroxylation is 2. The maximum atomic E-state index is 13.0. The summed E-state index contributed by atoms with van der Waals surface area (Å²) in [6, 6.07) is 12.9. The number of sulfone groups is 1. The summed E-state index contributed by atoms with van der Waals surface area (Å²) in [6.07, 6.45) is 6.34. The Bertz CT molecular complexity index is 1160. The van der Waals surface area contributed by atoms with Gasteiger partial charge >= 0.3 is 0 Å². The first-order valence-corrected chi connectivity index (χ1v) is 10.7. The van der Waals surface area contributed by atoms with E-state index in [4.69, 9.17) is 4.74 Å². The average Bonchev–Trinajstić information content (AvgIpc) is 2.73. The summed E-state index contributed by atoms with van der Waals surface area (Å²) in [7, 11) is -2.13. The zero-order valence-electron chi connectivity index (χ0n) is 16.9. The molecule has 1 aromatic heterocycles. The maximum Gasteiger partial charge on any atom is 0.248 e. The van der Waals surface area contributed by atoms with E-state index in [1.54, 1.807) is 55.9 Å². The van der Waals surface area contributed by atoms with Gasteiger partial charge in [0.2, 0.25) is 15.7 Å². The minimum absolute atomic E-state index is 0.148. The van der Waals surface area contributed by atoms with Crippen molar-refractivity contribution in [2.75, 3.05) is 12.4 Å². The molecule has 0 unspecified atom stereocenters. The van der Waals surface area contributed by atoms with E-state index in [1.165, 1.54) is 18.2 Å². The van der Waals surface area contributed by atoms with Crippen LogP contribution in [0.2, 0.25) is 0 Å². The molecule has 0 fully saturated rings. The number of carbonyl (C=O) groups excluding carboxylic acids is 1. The molecule has 0 radical (unpaired) electrons. The van der Waals surface area contributed by atoms with E-state index in [-0.39, 0.29) is 15.7 Å². The molecule has 0 bridgehead atoms. The number of hydrogen-bond acceptors (Lipinski definition) is 5. The number of ether oxygens (including phenoxy) is 1. The first kappa shape index (κ1) is 21.3. The highest BCUT2D eigenvalue weighted by molar-refractivity contribution is 7.91. The molecule has 1 N–H and O–H groups in total. The van der Waals surface area contributed by atoms with Gasteiger partial charge in [0.15, 0.2) is 0 Å². The fourth-order valence-corrected chi connectivity index (χ4v) is 4.50.